The van der Waals surface area contributed by atoms with E-state index in [0.717, 1.165) is 62.4 Å². The van der Waals surface area contributed by atoms with Gasteiger partial charge in [0.1, 0.15) is 24.2 Å². The number of halogens is 1. The van der Waals surface area contributed by atoms with Crippen molar-refractivity contribution in [2.75, 3.05) is 19.4 Å². The molecule has 1 fully saturated rings. The number of aliphatic imine (C=N–C) groups is 1. The standard InChI is InChI=1S/C29H41FN4O2/c1-6-24(21-36)34(25-15-11-12-16-25)29(28(7-2)33(4)5)32-22(3)31-27-18-17-23(20-26(27)30)14-10-8-9-13-19-35/h7,10,14,17-21,24-25,31H,3,6,8-9,11-13,15-16H2,1-2,4-5H3/b14-10+,28-7+,32-29+. The van der Waals surface area contributed by atoms with Gasteiger partial charge in [-0.25, -0.2) is 9.38 Å². The Morgan fingerprint density at radius 3 is 2.53 bits per heavy atom. The molecule has 1 N–H and O–H groups in total. The summed E-state index contributed by atoms with van der Waals surface area (Å²) in [6.07, 6.45) is 14.7. The van der Waals surface area contributed by atoms with Crippen LogP contribution in [0.5, 0.6) is 0 Å². The zero-order valence-corrected chi connectivity index (χ0v) is 22.2. The van der Waals surface area contributed by atoms with Crippen LogP contribution in [-0.2, 0) is 9.59 Å². The van der Waals surface area contributed by atoms with Gasteiger partial charge >= 0.3 is 0 Å². The maximum atomic E-state index is 14.9. The Kier molecular flexibility index (Phi) is 12.1. The largest absolute Gasteiger partial charge is 0.375 e. The summed E-state index contributed by atoms with van der Waals surface area (Å²) >= 11 is 0. The molecule has 1 aromatic rings. The van der Waals surface area contributed by atoms with Gasteiger partial charge in [0.2, 0.25) is 0 Å². The van der Waals surface area contributed by atoms with Crippen LogP contribution in [0.25, 0.3) is 6.08 Å². The molecule has 196 valence electrons. The number of benzene rings is 1. The van der Waals surface area contributed by atoms with Crippen molar-refractivity contribution in [3.8, 4) is 0 Å². The molecule has 2 rings (SSSR count). The van der Waals surface area contributed by atoms with Crippen LogP contribution in [0.4, 0.5) is 10.1 Å². The van der Waals surface area contributed by atoms with Crippen LogP contribution >= 0.6 is 0 Å². The highest BCUT2D eigenvalue weighted by Crippen LogP contribution is 2.29. The molecule has 1 unspecified atom stereocenters. The number of rotatable bonds is 14. The molecule has 0 saturated heterocycles. The molecule has 1 atom stereocenters. The minimum atomic E-state index is -0.409. The van der Waals surface area contributed by atoms with E-state index in [1.165, 1.54) is 6.07 Å². The maximum absolute atomic E-state index is 14.9. The van der Waals surface area contributed by atoms with Gasteiger partial charge in [-0.3, -0.25) is 0 Å². The Balaban J connectivity index is 2.33. The van der Waals surface area contributed by atoms with Crippen LogP contribution in [0.15, 0.2) is 53.4 Å². The lowest BCUT2D eigenvalue weighted by molar-refractivity contribution is -0.112. The summed E-state index contributed by atoms with van der Waals surface area (Å²) in [5, 5.41) is 3.01. The second kappa shape index (κ2) is 15.0. The number of allylic oxidation sites excluding steroid dienone is 2. The molecule has 0 amide bonds. The van der Waals surface area contributed by atoms with Crippen molar-refractivity contribution in [2.45, 2.75) is 77.3 Å². The lowest BCUT2D eigenvalue weighted by atomic mass is 10.1. The van der Waals surface area contributed by atoms with Crippen molar-refractivity contribution in [2.24, 2.45) is 4.99 Å². The lowest BCUT2D eigenvalue weighted by Crippen LogP contribution is -2.49. The van der Waals surface area contributed by atoms with Crippen LogP contribution in [-0.4, -0.2) is 54.4 Å². The van der Waals surface area contributed by atoms with Gasteiger partial charge in [-0.05, 0) is 56.7 Å². The van der Waals surface area contributed by atoms with Gasteiger partial charge in [-0.1, -0.05) is 50.6 Å². The van der Waals surface area contributed by atoms with Crippen molar-refractivity contribution in [1.82, 2.24) is 9.80 Å². The Morgan fingerprint density at radius 1 is 1.25 bits per heavy atom. The summed E-state index contributed by atoms with van der Waals surface area (Å²) in [4.78, 5) is 31.4. The van der Waals surface area contributed by atoms with Gasteiger partial charge in [0.05, 0.1) is 17.4 Å². The average Bonchev–Trinajstić information content (AvgIpc) is 3.38. The minimum absolute atomic E-state index is 0.218. The number of aldehydes is 2. The zero-order valence-electron chi connectivity index (χ0n) is 22.2. The number of likely N-dealkylation sites (N-methyl/N-ethyl adjacent to an activating group) is 1. The van der Waals surface area contributed by atoms with Gasteiger partial charge in [0.25, 0.3) is 0 Å². The molecular formula is C29H41FN4O2. The first-order chi connectivity index (χ1) is 17.4. The summed E-state index contributed by atoms with van der Waals surface area (Å²) in [5.74, 6) is 0.556. The first kappa shape index (κ1) is 29.0. The topological polar surface area (TPSA) is 65.0 Å². The fourth-order valence-electron chi connectivity index (χ4n) is 4.56. The summed E-state index contributed by atoms with van der Waals surface area (Å²) in [5.41, 5.74) is 1.90. The number of carbonyl (C=O) groups excluding carboxylic acids is 2. The second-order valence-corrected chi connectivity index (χ2v) is 9.27. The van der Waals surface area contributed by atoms with E-state index >= 15 is 0 Å². The van der Waals surface area contributed by atoms with Crippen LogP contribution in [0.1, 0.15) is 70.8 Å². The molecule has 0 aliphatic heterocycles. The molecule has 0 radical (unpaired) electrons. The van der Waals surface area contributed by atoms with E-state index in [0.29, 0.717) is 24.5 Å². The summed E-state index contributed by atoms with van der Waals surface area (Å²) in [6.45, 7) is 8.01. The molecular weight excluding hydrogens is 455 g/mol. The molecule has 1 aliphatic rings. The smallest absolute Gasteiger partial charge is 0.155 e. The average molecular weight is 497 g/mol. The molecule has 6 nitrogen and oxygen atoms in total. The third kappa shape index (κ3) is 8.18. The SMILES string of the molecule is C=C(/N=C(\C(=C/C)N(C)C)N(C(C=O)CC)C1CCCC1)Nc1ccc(/C=C/CCCC=O)cc1F. The van der Waals surface area contributed by atoms with Crippen LogP contribution in [0.3, 0.4) is 0 Å². The molecule has 0 spiro atoms. The Bertz CT molecular complexity index is 977. The summed E-state index contributed by atoms with van der Waals surface area (Å²) in [6, 6.07) is 4.86. The van der Waals surface area contributed by atoms with Gasteiger partial charge < -0.3 is 24.7 Å². The molecule has 1 aromatic carbocycles. The highest BCUT2D eigenvalue weighted by Gasteiger charge is 2.32. The van der Waals surface area contributed by atoms with Gasteiger partial charge in [0, 0.05) is 26.6 Å². The number of hydrogen-bond donors (Lipinski definition) is 1. The van der Waals surface area contributed by atoms with Crippen molar-refractivity contribution in [3.05, 3.63) is 59.8 Å². The van der Waals surface area contributed by atoms with E-state index in [9.17, 15) is 14.0 Å². The van der Waals surface area contributed by atoms with Crippen LogP contribution in [0, 0.1) is 5.82 Å². The quantitative estimate of drug-likeness (QED) is 0.144. The van der Waals surface area contributed by atoms with E-state index in [4.69, 9.17) is 4.99 Å². The summed E-state index contributed by atoms with van der Waals surface area (Å²) < 4.78 is 14.9. The molecule has 0 heterocycles. The minimum Gasteiger partial charge on any atom is -0.375 e. The number of nitrogens with zero attached hydrogens (tertiary/aromatic N) is 3. The van der Waals surface area contributed by atoms with Crippen molar-refractivity contribution >= 4 is 30.2 Å². The van der Waals surface area contributed by atoms with Crippen molar-refractivity contribution < 1.29 is 14.0 Å². The number of anilines is 1. The molecule has 1 saturated carbocycles. The molecule has 0 bridgehead atoms. The number of hydrogen-bond acceptors (Lipinski definition) is 5. The van der Waals surface area contributed by atoms with E-state index < -0.39 is 5.82 Å². The highest BCUT2D eigenvalue weighted by molar-refractivity contribution is 6.00. The van der Waals surface area contributed by atoms with Crippen molar-refractivity contribution in [1.29, 1.82) is 0 Å². The molecule has 1 aliphatic carbocycles. The van der Waals surface area contributed by atoms with E-state index in [2.05, 4.69) is 16.8 Å². The second-order valence-electron chi connectivity index (χ2n) is 9.27. The predicted octanol–water partition coefficient (Wildman–Crippen LogP) is 6.18. The highest BCUT2D eigenvalue weighted by atomic mass is 19.1. The number of nitrogens with one attached hydrogen (secondary N) is 1. The molecule has 36 heavy (non-hydrogen) atoms. The maximum Gasteiger partial charge on any atom is 0.155 e. The van der Waals surface area contributed by atoms with Crippen LogP contribution < -0.4 is 5.32 Å². The molecule has 0 aromatic heterocycles. The normalized spacial score (nSPS) is 15.7. The summed E-state index contributed by atoms with van der Waals surface area (Å²) in [7, 11) is 3.89. The number of unbranched alkanes of at least 4 members (excludes halogenated alkanes) is 2. The Morgan fingerprint density at radius 2 is 1.97 bits per heavy atom. The van der Waals surface area contributed by atoms with Crippen molar-refractivity contribution in [3.63, 3.8) is 0 Å². The van der Waals surface area contributed by atoms with Gasteiger partial charge in [-0.2, -0.15) is 0 Å². The van der Waals surface area contributed by atoms with E-state index in [1.54, 1.807) is 6.07 Å². The third-order valence-corrected chi connectivity index (χ3v) is 6.40. The van der Waals surface area contributed by atoms with E-state index in [-0.39, 0.29) is 17.8 Å². The van der Waals surface area contributed by atoms with Gasteiger partial charge in [-0.15, -0.1) is 0 Å². The van der Waals surface area contributed by atoms with Gasteiger partial charge in [0.15, 0.2) is 5.84 Å². The monoisotopic (exact) mass is 496 g/mol. The van der Waals surface area contributed by atoms with Crippen LogP contribution in [0.2, 0.25) is 0 Å². The fraction of sp³-hybridized carbons (Fsp3) is 0.483. The first-order valence-electron chi connectivity index (χ1n) is 12.9. The number of carbonyl (C=O) groups is 2. The Labute approximate surface area is 215 Å². The lowest BCUT2D eigenvalue weighted by Gasteiger charge is -2.38. The first-order valence-corrected chi connectivity index (χ1v) is 12.9. The predicted molar refractivity (Wildman–Crippen MR) is 147 cm³/mol. The zero-order chi connectivity index (χ0) is 26.5. The Hall–Kier alpha value is -3.22. The number of amidine groups is 1. The third-order valence-electron chi connectivity index (χ3n) is 6.40. The molecule has 7 heteroatoms. The van der Waals surface area contributed by atoms with E-state index in [1.807, 2.05) is 57.1 Å². The fourth-order valence-corrected chi connectivity index (χ4v) is 4.56.